The fourth-order valence-corrected chi connectivity index (χ4v) is 3.69. The van der Waals surface area contributed by atoms with Crippen molar-refractivity contribution in [2.75, 3.05) is 0 Å². The van der Waals surface area contributed by atoms with Gasteiger partial charge >= 0.3 is 0 Å². The lowest BCUT2D eigenvalue weighted by Crippen LogP contribution is -2.36. The average Bonchev–Trinajstić information content (AvgIpc) is 2.81. The Balaban J connectivity index is 1.92. The van der Waals surface area contributed by atoms with Gasteiger partial charge in [0.2, 0.25) is 10.0 Å². The number of hydrogen-bond acceptors (Lipinski definition) is 3. The number of nitrogens with one attached hydrogen (secondary N) is 1. The molecule has 0 saturated heterocycles. The predicted molar refractivity (Wildman–Crippen MR) is 55.2 cm³/mol. The van der Waals surface area contributed by atoms with E-state index in [0.717, 1.165) is 25.7 Å². The number of sulfonamides is 1. The largest absolute Gasteiger partial charge is 0.327 e. The van der Waals surface area contributed by atoms with Crippen molar-refractivity contribution >= 4 is 10.0 Å². The molecule has 0 spiro atoms. The molecule has 0 radical (unpaired) electrons. The zero-order valence-electron chi connectivity index (χ0n) is 8.44. The molecule has 2 fully saturated rings. The third kappa shape index (κ3) is 2.10. The highest BCUT2D eigenvalue weighted by Crippen LogP contribution is 2.30. The minimum atomic E-state index is -3.02. The molecule has 0 bridgehead atoms. The summed E-state index contributed by atoms with van der Waals surface area (Å²) >= 11 is 0. The molecule has 0 heterocycles. The molecule has 0 aromatic carbocycles. The second-order valence-electron chi connectivity index (χ2n) is 4.67. The van der Waals surface area contributed by atoms with E-state index in [4.69, 9.17) is 5.73 Å². The van der Waals surface area contributed by atoms with E-state index in [1.54, 1.807) is 0 Å². The van der Waals surface area contributed by atoms with Crippen molar-refractivity contribution in [3.63, 3.8) is 0 Å². The van der Waals surface area contributed by atoms with Crippen LogP contribution in [0.15, 0.2) is 0 Å². The summed E-state index contributed by atoms with van der Waals surface area (Å²) in [5.41, 5.74) is 5.84. The minimum absolute atomic E-state index is 0.0746. The van der Waals surface area contributed by atoms with E-state index >= 15 is 0 Å². The first kappa shape index (κ1) is 10.4. The van der Waals surface area contributed by atoms with E-state index in [1.165, 1.54) is 0 Å². The molecule has 0 aromatic rings. The van der Waals surface area contributed by atoms with Gasteiger partial charge in [0.05, 0.1) is 5.25 Å². The van der Waals surface area contributed by atoms with Gasteiger partial charge in [0, 0.05) is 12.1 Å². The maximum absolute atomic E-state index is 11.6. The maximum atomic E-state index is 11.6. The normalized spacial score (nSPS) is 38.9. The van der Waals surface area contributed by atoms with Gasteiger partial charge in [-0.05, 0) is 31.6 Å². The molecule has 3 atom stereocenters. The van der Waals surface area contributed by atoms with Crippen LogP contribution < -0.4 is 10.5 Å². The summed E-state index contributed by atoms with van der Waals surface area (Å²) in [6.07, 6.45) is 3.31. The first-order valence-electron chi connectivity index (χ1n) is 5.26. The molecule has 5 heteroatoms. The fourth-order valence-electron chi connectivity index (χ4n) is 2.08. The number of hydrogen-bond donors (Lipinski definition) is 2. The van der Waals surface area contributed by atoms with Gasteiger partial charge in [-0.25, -0.2) is 13.1 Å². The summed E-state index contributed by atoms with van der Waals surface area (Å²) in [4.78, 5) is 0. The second kappa shape index (κ2) is 3.47. The van der Waals surface area contributed by atoms with E-state index in [-0.39, 0.29) is 17.3 Å². The van der Waals surface area contributed by atoms with Crippen molar-refractivity contribution in [1.29, 1.82) is 0 Å². The molecule has 0 aromatic heterocycles. The summed E-state index contributed by atoms with van der Waals surface area (Å²) in [6.45, 7) is 2.08. The molecule has 4 nitrogen and oxygen atoms in total. The van der Waals surface area contributed by atoms with Crippen LogP contribution in [0, 0.1) is 5.92 Å². The molecule has 0 amide bonds. The lowest BCUT2D eigenvalue weighted by molar-refractivity contribution is 0.521. The summed E-state index contributed by atoms with van der Waals surface area (Å²) in [5, 5.41) is -0.116. The summed E-state index contributed by atoms with van der Waals surface area (Å²) in [6, 6.07) is 0.229. The van der Waals surface area contributed by atoms with Gasteiger partial charge < -0.3 is 5.73 Å². The van der Waals surface area contributed by atoms with Crippen LogP contribution in [0.25, 0.3) is 0 Å². The Labute approximate surface area is 85.3 Å². The van der Waals surface area contributed by atoms with Gasteiger partial charge in [-0.15, -0.1) is 0 Å². The Bertz CT molecular complexity index is 301. The Kier molecular flexibility index (Phi) is 2.57. The van der Waals surface area contributed by atoms with E-state index in [2.05, 4.69) is 11.6 Å². The maximum Gasteiger partial charge on any atom is 0.214 e. The zero-order valence-corrected chi connectivity index (χ0v) is 9.26. The zero-order chi connectivity index (χ0) is 10.3. The van der Waals surface area contributed by atoms with Crippen molar-refractivity contribution in [2.24, 2.45) is 11.7 Å². The molecule has 14 heavy (non-hydrogen) atoms. The van der Waals surface area contributed by atoms with Crippen LogP contribution in [0.1, 0.15) is 32.6 Å². The van der Waals surface area contributed by atoms with Gasteiger partial charge in [0.25, 0.3) is 0 Å². The third-order valence-electron chi connectivity index (χ3n) is 3.24. The Morgan fingerprint density at radius 2 is 1.93 bits per heavy atom. The molecule has 2 rings (SSSR count). The van der Waals surface area contributed by atoms with E-state index in [0.29, 0.717) is 5.92 Å². The summed E-state index contributed by atoms with van der Waals surface area (Å²) < 4.78 is 26.0. The molecular formula is C9H18N2O2S. The fraction of sp³-hybridized carbons (Fsp3) is 1.00. The SMILES string of the molecule is CC1CC(NS(=O)(=O)C2CC2)CC1N. The lowest BCUT2D eigenvalue weighted by Gasteiger charge is -2.11. The molecule has 2 aliphatic rings. The second-order valence-corrected chi connectivity index (χ2v) is 6.66. The molecule has 0 aliphatic heterocycles. The van der Waals surface area contributed by atoms with Crippen molar-refractivity contribution < 1.29 is 8.42 Å². The van der Waals surface area contributed by atoms with Crippen molar-refractivity contribution in [3.8, 4) is 0 Å². The first-order valence-corrected chi connectivity index (χ1v) is 6.80. The van der Waals surface area contributed by atoms with Crippen LogP contribution in [-0.2, 0) is 10.0 Å². The highest BCUT2D eigenvalue weighted by atomic mass is 32.2. The van der Waals surface area contributed by atoms with Crippen molar-refractivity contribution in [1.82, 2.24) is 4.72 Å². The van der Waals surface area contributed by atoms with E-state index < -0.39 is 10.0 Å². The average molecular weight is 218 g/mol. The topological polar surface area (TPSA) is 72.2 Å². The van der Waals surface area contributed by atoms with Gasteiger partial charge in [-0.1, -0.05) is 6.92 Å². The van der Waals surface area contributed by atoms with Crippen molar-refractivity contribution in [2.45, 2.75) is 49.9 Å². The molecule has 2 saturated carbocycles. The van der Waals surface area contributed by atoms with Crippen LogP contribution in [-0.4, -0.2) is 25.8 Å². The number of nitrogens with two attached hydrogens (primary N) is 1. The smallest absolute Gasteiger partial charge is 0.214 e. The van der Waals surface area contributed by atoms with Crippen LogP contribution in [0.3, 0.4) is 0 Å². The van der Waals surface area contributed by atoms with Crippen molar-refractivity contribution in [3.05, 3.63) is 0 Å². The number of rotatable bonds is 3. The molecule has 2 aliphatic carbocycles. The Morgan fingerprint density at radius 1 is 1.29 bits per heavy atom. The predicted octanol–water partition coefficient (Wildman–Crippen LogP) is 0.194. The first-order chi connectivity index (χ1) is 6.49. The monoisotopic (exact) mass is 218 g/mol. The third-order valence-corrected chi connectivity index (χ3v) is 5.25. The summed E-state index contributed by atoms with van der Waals surface area (Å²) in [7, 11) is -3.02. The Morgan fingerprint density at radius 3 is 2.36 bits per heavy atom. The summed E-state index contributed by atoms with van der Waals surface area (Å²) in [5.74, 6) is 0.432. The molecule has 82 valence electrons. The molecular weight excluding hydrogens is 200 g/mol. The highest BCUT2D eigenvalue weighted by Gasteiger charge is 2.39. The Hall–Kier alpha value is -0.130. The van der Waals surface area contributed by atoms with Gasteiger partial charge in [0.1, 0.15) is 0 Å². The van der Waals surface area contributed by atoms with Crippen LogP contribution in [0.5, 0.6) is 0 Å². The van der Waals surface area contributed by atoms with Crippen LogP contribution in [0.4, 0.5) is 0 Å². The quantitative estimate of drug-likeness (QED) is 0.710. The van der Waals surface area contributed by atoms with Crippen LogP contribution in [0.2, 0.25) is 0 Å². The van der Waals surface area contributed by atoms with E-state index in [1.807, 2.05) is 0 Å². The van der Waals surface area contributed by atoms with Crippen LogP contribution >= 0.6 is 0 Å². The highest BCUT2D eigenvalue weighted by molar-refractivity contribution is 7.90. The standard InChI is InChI=1S/C9H18N2O2S/c1-6-4-7(5-9(6)10)11-14(12,13)8-2-3-8/h6-9,11H,2-5,10H2,1H3. The van der Waals surface area contributed by atoms with E-state index in [9.17, 15) is 8.42 Å². The molecule has 3 unspecified atom stereocenters. The van der Waals surface area contributed by atoms with Gasteiger partial charge in [-0.2, -0.15) is 0 Å². The van der Waals surface area contributed by atoms with Gasteiger partial charge in [-0.3, -0.25) is 0 Å². The molecule has 3 N–H and O–H groups in total. The lowest BCUT2D eigenvalue weighted by atomic mass is 10.1. The minimum Gasteiger partial charge on any atom is -0.327 e. The van der Waals surface area contributed by atoms with Gasteiger partial charge in [0.15, 0.2) is 0 Å².